The molecule has 5 nitrogen and oxygen atoms in total. The van der Waals surface area contributed by atoms with E-state index in [1.807, 2.05) is 0 Å². The van der Waals surface area contributed by atoms with Gasteiger partial charge in [-0.3, -0.25) is 4.79 Å². The average Bonchev–Trinajstić information content (AvgIpc) is 2.65. The number of benzene rings is 2. The van der Waals surface area contributed by atoms with Crippen molar-refractivity contribution in [2.24, 2.45) is 5.92 Å². The monoisotopic (exact) mass is 410 g/mol. The number of anilines is 1. The smallest absolute Gasteiger partial charge is 0.228 e. The van der Waals surface area contributed by atoms with E-state index in [9.17, 15) is 17.6 Å². The van der Waals surface area contributed by atoms with Crippen molar-refractivity contribution in [3.8, 4) is 0 Å². The van der Waals surface area contributed by atoms with Crippen molar-refractivity contribution in [3.63, 3.8) is 0 Å². The van der Waals surface area contributed by atoms with Gasteiger partial charge in [0.05, 0.1) is 11.7 Å². The van der Waals surface area contributed by atoms with E-state index < -0.39 is 21.8 Å². The highest BCUT2D eigenvalue weighted by atomic mass is 35.5. The fraction of sp³-hybridized carbons (Fsp3) is 0.316. The van der Waals surface area contributed by atoms with Crippen molar-refractivity contribution in [2.75, 3.05) is 18.4 Å². The molecule has 0 aromatic heterocycles. The Balaban J connectivity index is 1.64. The quantitative estimate of drug-likeness (QED) is 0.818. The Bertz CT molecular complexity index is 902. The third-order valence-corrected chi connectivity index (χ3v) is 6.59. The van der Waals surface area contributed by atoms with Gasteiger partial charge in [0.25, 0.3) is 0 Å². The van der Waals surface area contributed by atoms with Crippen LogP contribution < -0.4 is 5.32 Å². The van der Waals surface area contributed by atoms with Crippen LogP contribution in [-0.2, 0) is 20.6 Å². The normalized spacial score (nSPS) is 18.2. The summed E-state index contributed by atoms with van der Waals surface area (Å²) in [4.78, 5) is 12.5. The highest BCUT2D eigenvalue weighted by Crippen LogP contribution is 2.23. The summed E-state index contributed by atoms with van der Waals surface area (Å²) in [5.41, 5.74) is 1.14. The van der Waals surface area contributed by atoms with Crippen LogP contribution >= 0.6 is 11.6 Å². The lowest BCUT2D eigenvalue weighted by atomic mass is 9.99. The Morgan fingerprint density at radius 1 is 1.15 bits per heavy atom. The second-order valence-corrected chi connectivity index (χ2v) is 8.98. The second kappa shape index (κ2) is 8.37. The Labute approximate surface area is 163 Å². The molecule has 1 atom stereocenters. The van der Waals surface area contributed by atoms with Crippen LogP contribution in [0.25, 0.3) is 0 Å². The largest absolute Gasteiger partial charge is 0.326 e. The Kier molecular flexibility index (Phi) is 6.14. The molecule has 1 saturated heterocycles. The molecule has 144 valence electrons. The fourth-order valence-corrected chi connectivity index (χ4v) is 4.81. The summed E-state index contributed by atoms with van der Waals surface area (Å²) in [6, 6.07) is 12.2. The molecule has 2 aromatic rings. The average molecular weight is 411 g/mol. The lowest BCUT2D eigenvalue weighted by Gasteiger charge is -2.31. The van der Waals surface area contributed by atoms with E-state index in [-0.39, 0.29) is 18.2 Å². The summed E-state index contributed by atoms with van der Waals surface area (Å²) in [6.45, 7) is 0.525. The number of amides is 1. The maximum absolute atomic E-state index is 13.0. The molecule has 0 unspecified atom stereocenters. The Hall–Kier alpha value is -1.96. The number of carbonyl (C=O) groups is 1. The van der Waals surface area contributed by atoms with E-state index >= 15 is 0 Å². The van der Waals surface area contributed by atoms with Crippen molar-refractivity contribution in [2.45, 2.75) is 18.6 Å². The van der Waals surface area contributed by atoms with Crippen molar-refractivity contribution in [1.82, 2.24) is 4.31 Å². The van der Waals surface area contributed by atoms with Crippen molar-refractivity contribution >= 4 is 33.2 Å². The summed E-state index contributed by atoms with van der Waals surface area (Å²) in [5.74, 6) is -1.25. The first-order valence-electron chi connectivity index (χ1n) is 8.62. The molecule has 8 heteroatoms. The number of sulfonamides is 1. The maximum atomic E-state index is 13.0. The minimum atomic E-state index is -3.58. The summed E-state index contributed by atoms with van der Waals surface area (Å²) >= 11 is 5.83. The summed E-state index contributed by atoms with van der Waals surface area (Å²) < 4.78 is 39.7. The van der Waals surface area contributed by atoms with Crippen LogP contribution in [0.4, 0.5) is 10.1 Å². The van der Waals surface area contributed by atoms with Gasteiger partial charge in [0.2, 0.25) is 15.9 Å². The van der Waals surface area contributed by atoms with Gasteiger partial charge in [0.1, 0.15) is 5.82 Å². The van der Waals surface area contributed by atoms with Crippen LogP contribution in [0, 0.1) is 11.7 Å². The van der Waals surface area contributed by atoms with Gasteiger partial charge in [0.15, 0.2) is 0 Å². The number of hydrogen-bond donors (Lipinski definition) is 1. The molecule has 1 heterocycles. The van der Waals surface area contributed by atoms with Crippen LogP contribution in [0.2, 0.25) is 5.02 Å². The molecule has 1 N–H and O–H groups in total. The maximum Gasteiger partial charge on any atom is 0.228 e. The van der Waals surface area contributed by atoms with Gasteiger partial charge in [-0.15, -0.1) is 0 Å². The molecular weight excluding hydrogens is 391 g/mol. The van der Waals surface area contributed by atoms with Crippen LogP contribution in [0.15, 0.2) is 48.5 Å². The number of carbonyl (C=O) groups excluding carboxylic acids is 1. The van der Waals surface area contributed by atoms with E-state index in [0.29, 0.717) is 35.7 Å². The molecule has 27 heavy (non-hydrogen) atoms. The van der Waals surface area contributed by atoms with Gasteiger partial charge in [-0.05, 0) is 54.8 Å². The van der Waals surface area contributed by atoms with Gasteiger partial charge in [-0.2, -0.15) is 0 Å². The molecule has 1 amide bonds. The predicted molar refractivity (Wildman–Crippen MR) is 103 cm³/mol. The lowest BCUT2D eigenvalue weighted by Crippen LogP contribution is -2.44. The minimum Gasteiger partial charge on any atom is -0.326 e. The molecule has 0 bridgehead atoms. The van der Waals surface area contributed by atoms with Crippen LogP contribution in [0.3, 0.4) is 0 Å². The molecule has 0 spiro atoms. The van der Waals surface area contributed by atoms with E-state index in [1.54, 1.807) is 24.3 Å². The van der Waals surface area contributed by atoms with Crippen molar-refractivity contribution < 1.29 is 17.6 Å². The van der Waals surface area contributed by atoms with Crippen LogP contribution in [0.5, 0.6) is 0 Å². The molecule has 1 fully saturated rings. The number of hydrogen-bond acceptors (Lipinski definition) is 3. The SMILES string of the molecule is O=C(Nc1ccc(Cl)cc1)[C@H]1CCCN(S(=O)(=O)Cc2ccc(F)cc2)C1. The summed E-state index contributed by atoms with van der Waals surface area (Å²) in [6.07, 6.45) is 1.24. The highest BCUT2D eigenvalue weighted by molar-refractivity contribution is 7.88. The highest BCUT2D eigenvalue weighted by Gasteiger charge is 2.32. The summed E-state index contributed by atoms with van der Waals surface area (Å²) in [5, 5.41) is 3.38. The van der Waals surface area contributed by atoms with Crippen molar-refractivity contribution in [3.05, 3.63) is 64.9 Å². The number of rotatable bonds is 5. The van der Waals surface area contributed by atoms with Gasteiger partial charge in [-0.25, -0.2) is 17.1 Å². The van der Waals surface area contributed by atoms with E-state index in [4.69, 9.17) is 11.6 Å². The van der Waals surface area contributed by atoms with E-state index in [0.717, 1.165) is 0 Å². The molecule has 0 aliphatic carbocycles. The molecule has 3 rings (SSSR count). The van der Waals surface area contributed by atoms with Gasteiger partial charge in [0, 0.05) is 23.8 Å². The number of halogens is 2. The first kappa shape index (κ1) is 19.8. The molecule has 1 aliphatic heterocycles. The van der Waals surface area contributed by atoms with E-state index in [1.165, 1.54) is 28.6 Å². The molecular formula is C19H20ClFN2O3S. The lowest BCUT2D eigenvalue weighted by molar-refractivity contribution is -0.120. The molecule has 0 saturated carbocycles. The third kappa shape index (κ3) is 5.28. The van der Waals surface area contributed by atoms with Gasteiger partial charge in [-0.1, -0.05) is 23.7 Å². The molecule has 1 aliphatic rings. The molecule has 2 aromatic carbocycles. The van der Waals surface area contributed by atoms with Gasteiger partial charge < -0.3 is 5.32 Å². The topological polar surface area (TPSA) is 66.5 Å². The Morgan fingerprint density at radius 2 is 1.81 bits per heavy atom. The number of nitrogens with zero attached hydrogens (tertiary/aromatic N) is 1. The third-order valence-electron chi connectivity index (χ3n) is 4.52. The number of piperidine rings is 1. The second-order valence-electron chi connectivity index (χ2n) is 6.58. The summed E-state index contributed by atoms with van der Waals surface area (Å²) in [7, 11) is -3.58. The zero-order valence-corrected chi connectivity index (χ0v) is 16.1. The fourth-order valence-electron chi connectivity index (χ4n) is 3.07. The first-order chi connectivity index (χ1) is 12.8. The zero-order valence-electron chi connectivity index (χ0n) is 14.6. The van der Waals surface area contributed by atoms with Gasteiger partial charge >= 0.3 is 0 Å². The van der Waals surface area contributed by atoms with Crippen LogP contribution in [0.1, 0.15) is 18.4 Å². The first-order valence-corrected chi connectivity index (χ1v) is 10.6. The number of nitrogens with one attached hydrogen (secondary N) is 1. The van der Waals surface area contributed by atoms with E-state index in [2.05, 4.69) is 5.32 Å². The standard InChI is InChI=1S/C19H20ClFN2O3S/c20-16-5-9-18(10-6-16)22-19(24)15-2-1-11-23(12-15)27(25,26)13-14-3-7-17(21)8-4-14/h3-10,15H,1-2,11-13H2,(H,22,24)/t15-/m0/s1. The zero-order chi connectivity index (χ0) is 19.4. The predicted octanol–water partition coefficient (Wildman–Crippen LogP) is 3.66. The molecule has 0 radical (unpaired) electrons. The van der Waals surface area contributed by atoms with Crippen molar-refractivity contribution in [1.29, 1.82) is 0 Å². The van der Waals surface area contributed by atoms with Crippen LogP contribution in [-0.4, -0.2) is 31.7 Å². The minimum absolute atomic E-state index is 0.142. The Morgan fingerprint density at radius 3 is 2.48 bits per heavy atom.